The second kappa shape index (κ2) is 6.54. The number of nitrogens with one attached hydrogen (secondary N) is 1. The van der Waals surface area contributed by atoms with Gasteiger partial charge < -0.3 is 14.8 Å². The van der Waals surface area contributed by atoms with E-state index in [1.54, 1.807) is 0 Å². The lowest BCUT2D eigenvalue weighted by molar-refractivity contribution is 0.0158. The zero-order valence-electron chi connectivity index (χ0n) is 7.50. The predicted octanol–water partition coefficient (Wildman–Crippen LogP) is -0.550. The van der Waals surface area contributed by atoms with Crippen LogP contribution in [-0.4, -0.2) is 49.9 Å². The van der Waals surface area contributed by atoms with Crippen molar-refractivity contribution in [1.29, 1.82) is 0 Å². The van der Waals surface area contributed by atoms with E-state index in [-0.39, 0.29) is 6.10 Å². The highest BCUT2D eigenvalue weighted by Crippen LogP contribution is 1.83. The largest absolute Gasteiger partial charge is 0.390 e. The minimum Gasteiger partial charge on any atom is -0.390 e. The molecule has 0 bridgehead atoms. The van der Waals surface area contributed by atoms with Gasteiger partial charge in [-0.05, 0) is 21.0 Å². The molecule has 1 atom stereocenters. The van der Waals surface area contributed by atoms with Crippen LogP contribution in [-0.2, 0) is 4.84 Å². The molecule has 0 fully saturated rings. The highest BCUT2D eigenvalue weighted by molar-refractivity contribution is 4.58. The van der Waals surface area contributed by atoms with Crippen LogP contribution in [0.3, 0.4) is 0 Å². The Bertz CT molecular complexity index is 88.5. The van der Waals surface area contributed by atoms with Crippen LogP contribution in [0, 0.1) is 0 Å². The van der Waals surface area contributed by atoms with E-state index in [9.17, 15) is 5.11 Å². The van der Waals surface area contributed by atoms with Crippen molar-refractivity contribution in [2.45, 2.75) is 13.0 Å². The molecule has 0 heterocycles. The van der Waals surface area contributed by atoms with Crippen molar-refractivity contribution in [2.24, 2.45) is 0 Å². The SMILES string of the molecule is CCONCC(O)CN(C)C. The molecule has 0 aliphatic rings. The highest BCUT2D eigenvalue weighted by Gasteiger charge is 2.03. The van der Waals surface area contributed by atoms with Crippen LogP contribution in [0.2, 0.25) is 0 Å². The molecule has 0 aromatic heterocycles. The second-order valence-corrected chi connectivity index (χ2v) is 2.70. The summed E-state index contributed by atoms with van der Waals surface area (Å²) in [6, 6.07) is 0. The van der Waals surface area contributed by atoms with Crippen LogP contribution in [0.5, 0.6) is 0 Å². The minimum absolute atomic E-state index is 0.364. The number of rotatable bonds is 6. The van der Waals surface area contributed by atoms with E-state index in [0.29, 0.717) is 19.7 Å². The lowest BCUT2D eigenvalue weighted by Crippen LogP contribution is -2.34. The molecule has 0 spiro atoms. The summed E-state index contributed by atoms with van der Waals surface area (Å²) in [5, 5.41) is 9.26. The van der Waals surface area contributed by atoms with Gasteiger partial charge in [-0.2, -0.15) is 5.48 Å². The summed E-state index contributed by atoms with van der Waals surface area (Å²) in [4.78, 5) is 6.79. The quantitative estimate of drug-likeness (QED) is 0.406. The van der Waals surface area contributed by atoms with Gasteiger partial charge in [-0.15, -0.1) is 0 Å². The second-order valence-electron chi connectivity index (χ2n) is 2.70. The van der Waals surface area contributed by atoms with Gasteiger partial charge in [0.2, 0.25) is 0 Å². The molecule has 0 saturated heterocycles. The maximum atomic E-state index is 9.26. The Morgan fingerprint density at radius 2 is 2.18 bits per heavy atom. The molecule has 0 aliphatic heterocycles. The number of hydroxylamine groups is 1. The summed E-state index contributed by atoms with van der Waals surface area (Å²) in [5.74, 6) is 0. The third kappa shape index (κ3) is 7.74. The van der Waals surface area contributed by atoms with Gasteiger partial charge in [0.1, 0.15) is 0 Å². The minimum atomic E-state index is -0.364. The zero-order valence-corrected chi connectivity index (χ0v) is 7.50. The molecule has 0 rings (SSSR count). The van der Waals surface area contributed by atoms with Gasteiger partial charge in [0.25, 0.3) is 0 Å². The summed E-state index contributed by atoms with van der Waals surface area (Å²) in [6.07, 6.45) is -0.364. The van der Waals surface area contributed by atoms with Gasteiger partial charge in [0.15, 0.2) is 0 Å². The van der Waals surface area contributed by atoms with E-state index >= 15 is 0 Å². The van der Waals surface area contributed by atoms with Crippen molar-refractivity contribution in [3.05, 3.63) is 0 Å². The average Bonchev–Trinajstić information content (AvgIpc) is 1.86. The first-order valence-corrected chi connectivity index (χ1v) is 3.84. The summed E-state index contributed by atoms with van der Waals surface area (Å²) in [5.41, 5.74) is 2.66. The van der Waals surface area contributed by atoms with E-state index in [1.807, 2.05) is 25.9 Å². The van der Waals surface area contributed by atoms with E-state index in [4.69, 9.17) is 4.84 Å². The van der Waals surface area contributed by atoms with Gasteiger partial charge >= 0.3 is 0 Å². The van der Waals surface area contributed by atoms with Crippen molar-refractivity contribution >= 4 is 0 Å². The molecule has 11 heavy (non-hydrogen) atoms. The monoisotopic (exact) mass is 162 g/mol. The fraction of sp³-hybridized carbons (Fsp3) is 1.00. The highest BCUT2D eigenvalue weighted by atomic mass is 16.6. The Balaban J connectivity index is 3.15. The summed E-state index contributed by atoms with van der Waals surface area (Å²) < 4.78 is 0. The Morgan fingerprint density at radius 3 is 2.64 bits per heavy atom. The molecular formula is C7H18N2O2. The van der Waals surface area contributed by atoms with Gasteiger partial charge in [0, 0.05) is 13.1 Å². The summed E-state index contributed by atoms with van der Waals surface area (Å²) >= 11 is 0. The van der Waals surface area contributed by atoms with Crippen LogP contribution in [0.1, 0.15) is 6.92 Å². The third-order valence-corrected chi connectivity index (χ3v) is 1.14. The van der Waals surface area contributed by atoms with Crippen molar-refractivity contribution in [1.82, 2.24) is 10.4 Å². The van der Waals surface area contributed by atoms with Crippen molar-refractivity contribution < 1.29 is 9.94 Å². The predicted molar refractivity (Wildman–Crippen MR) is 44.2 cm³/mol. The van der Waals surface area contributed by atoms with Gasteiger partial charge in [0.05, 0.1) is 12.7 Å². The van der Waals surface area contributed by atoms with E-state index in [2.05, 4.69) is 5.48 Å². The zero-order chi connectivity index (χ0) is 8.69. The first kappa shape index (κ1) is 10.8. The standard InChI is InChI=1S/C7H18N2O2/c1-4-11-8-5-7(10)6-9(2)3/h7-8,10H,4-6H2,1-3H3. The Hall–Kier alpha value is -0.160. The Kier molecular flexibility index (Phi) is 6.45. The van der Waals surface area contributed by atoms with Crippen LogP contribution in [0.4, 0.5) is 0 Å². The first-order valence-electron chi connectivity index (χ1n) is 3.84. The molecule has 68 valence electrons. The molecular weight excluding hydrogens is 144 g/mol. The molecule has 0 amide bonds. The first-order chi connectivity index (χ1) is 5.16. The van der Waals surface area contributed by atoms with E-state index < -0.39 is 0 Å². The topological polar surface area (TPSA) is 44.7 Å². The lowest BCUT2D eigenvalue weighted by atomic mass is 10.3. The van der Waals surface area contributed by atoms with E-state index in [0.717, 1.165) is 0 Å². The van der Waals surface area contributed by atoms with Gasteiger partial charge in [-0.25, -0.2) is 0 Å². The van der Waals surface area contributed by atoms with Crippen LogP contribution in [0.25, 0.3) is 0 Å². The molecule has 0 aromatic rings. The van der Waals surface area contributed by atoms with Gasteiger partial charge in [-0.3, -0.25) is 0 Å². The number of hydrogen-bond acceptors (Lipinski definition) is 4. The van der Waals surface area contributed by atoms with Crippen molar-refractivity contribution in [3.8, 4) is 0 Å². The maximum absolute atomic E-state index is 9.26. The molecule has 0 radical (unpaired) electrons. The smallest absolute Gasteiger partial charge is 0.0814 e. The Labute approximate surface area is 68.1 Å². The third-order valence-electron chi connectivity index (χ3n) is 1.14. The molecule has 4 nitrogen and oxygen atoms in total. The van der Waals surface area contributed by atoms with Gasteiger partial charge in [-0.1, -0.05) is 0 Å². The normalized spacial score (nSPS) is 13.9. The summed E-state index contributed by atoms with van der Waals surface area (Å²) in [6.45, 7) is 3.64. The molecule has 4 heteroatoms. The molecule has 0 aliphatic carbocycles. The van der Waals surface area contributed by atoms with Crippen LogP contribution in [0.15, 0.2) is 0 Å². The fourth-order valence-electron chi connectivity index (χ4n) is 0.743. The maximum Gasteiger partial charge on any atom is 0.0814 e. The number of aliphatic hydroxyl groups is 1. The molecule has 0 saturated carbocycles. The number of hydrogen-bond donors (Lipinski definition) is 2. The fourth-order valence-corrected chi connectivity index (χ4v) is 0.743. The average molecular weight is 162 g/mol. The summed E-state index contributed by atoms with van der Waals surface area (Å²) in [7, 11) is 3.84. The molecule has 0 aromatic carbocycles. The van der Waals surface area contributed by atoms with Crippen molar-refractivity contribution in [3.63, 3.8) is 0 Å². The number of nitrogens with zero attached hydrogens (tertiary/aromatic N) is 1. The Morgan fingerprint density at radius 1 is 1.55 bits per heavy atom. The van der Waals surface area contributed by atoms with Crippen LogP contribution < -0.4 is 5.48 Å². The number of aliphatic hydroxyl groups excluding tert-OH is 1. The molecule has 2 N–H and O–H groups in total. The van der Waals surface area contributed by atoms with Crippen molar-refractivity contribution in [2.75, 3.05) is 33.8 Å². The number of likely N-dealkylation sites (N-methyl/N-ethyl adjacent to an activating group) is 1. The van der Waals surface area contributed by atoms with E-state index in [1.165, 1.54) is 0 Å². The van der Waals surface area contributed by atoms with Crippen LogP contribution >= 0.6 is 0 Å². The molecule has 1 unspecified atom stereocenters. The lowest BCUT2D eigenvalue weighted by Gasteiger charge is -2.15.